The highest BCUT2D eigenvalue weighted by atomic mass is 32.2. The van der Waals surface area contributed by atoms with Crippen LogP contribution in [0.5, 0.6) is 46.8 Å². The van der Waals surface area contributed by atoms with Crippen molar-refractivity contribution < 1.29 is 47.7 Å². The van der Waals surface area contributed by atoms with Gasteiger partial charge in [0, 0.05) is 150 Å². The number of nitro groups is 2. The average molecular weight is 1810 g/mol. The molecule has 0 saturated carbocycles. The van der Waals surface area contributed by atoms with Gasteiger partial charge in [-0.3, -0.25) is 20.2 Å². The molecule has 0 radical (unpaired) electrons. The molecular weight excluding hydrogens is 1710 g/mol. The van der Waals surface area contributed by atoms with E-state index in [0.29, 0.717) is 116 Å². The van der Waals surface area contributed by atoms with Crippen molar-refractivity contribution in [2.45, 2.75) is 65.6 Å². The lowest BCUT2D eigenvalue weighted by Gasteiger charge is -2.32. The molecule has 0 unspecified atom stereocenters. The summed E-state index contributed by atoms with van der Waals surface area (Å²) in [6.45, 7) is 16.1. The zero-order chi connectivity index (χ0) is 89.7. The summed E-state index contributed by atoms with van der Waals surface area (Å²) >= 11 is 5.42. The summed E-state index contributed by atoms with van der Waals surface area (Å²) in [7, 11) is 14.4. The Balaban J connectivity index is 0.000000146. The second kappa shape index (κ2) is 46.6. The van der Waals surface area contributed by atoms with Gasteiger partial charge in [-0.05, 0) is 80.8 Å². The molecule has 668 valence electrons. The molecule has 4 aliphatic heterocycles. The Kier molecular flexibility index (Phi) is 33.8. The summed E-state index contributed by atoms with van der Waals surface area (Å²) in [6.07, 6.45) is 10.3. The zero-order valence-corrected chi connectivity index (χ0v) is 75.7. The Morgan fingerprint density at radius 1 is 0.312 bits per heavy atom. The number of hydrogen-bond donors (Lipinski definition) is 2. The summed E-state index contributed by atoms with van der Waals surface area (Å²) < 4.78 is 45.0. The largest absolute Gasteiger partial charge is 0.497 e. The fourth-order valence-corrected chi connectivity index (χ4v) is 16.6. The highest BCUT2D eigenvalue weighted by molar-refractivity contribution is 8.00. The van der Waals surface area contributed by atoms with Crippen LogP contribution in [0.25, 0.3) is 0 Å². The molecule has 0 amide bonds. The Bertz CT molecular complexity index is 5600. The van der Waals surface area contributed by atoms with Gasteiger partial charge in [0.25, 0.3) is 11.6 Å². The predicted molar refractivity (Wildman–Crippen MR) is 496 cm³/mol. The molecule has 128 heavy (non-hydrogen) atoms. The number of piperazine rings is 4. The fraction of sp³-hybridized carbons (Fsp3) is 0.311. The maximum absolute atomic E-state index is 11.6. The van der Waals surface area contributed by atoms with Crippen LogP contribution in [0.1, 0.15) is 22.3 Å². The lowest BCUT2D eigenvalue weighted by molar-refractivity contribution is -0.387. The molecule has 0 spiro atoms. The van der Waals surface area contributed by atoms with Crippen molar-refractivity contribution in [3.05, 3.63) is 250 Å². The first-order chi connectivity index (χ1) is 62.3. The molecule has 10 heterocycles. The van der Waals surface area contributed by atoms with E-state index in [4.69, 9.17) is 69.3 Å². The number of hydrogen-bond acceptors (Lipinski definition) is 36. The Morgan fingerprint density at radius 2 is 0.617 bits per heavy atom. The molecule has 0 atom stereocenters. The third kappa shape index (κ3) is 26.7. The first-order valence-electron chi connectivity index (χ1n) is 41.2. The minimum absolute atomic E-state index is 0.0356. The normalized spacial score (nSPS) is 14.3. The number of pyridine rings is 2. The van der Waals surface area contributed by atoms with Gasteiger partial charge in [0.15, 0.2) is 0 Å². The van der Waals surface area contributed by atoms with Gasteiger partial charge < -0.3 is 88.6 Å². The van der Waals surface area contributed by atoms with Crippen molar-refractivity contribution >= 4 is 93.6 Å². The fourth-order valence-electron chi connectivity index (χ4n) is 13.1. The smallest absolute Gasteiger partial charge is 0.332 e. The number of likely N-dealkylation sites (N-methyl/N-ethyl adjacent to an activating group) is 4. The minimum atomic E-state index is -0.518. The molecule has 6 aromatic carbocycles. The van der Waals surface area contributed by atoms with E-state index in [1.54, 1.807) is 44.9 Å². The third-order valence-corrected chi connectivity index (χ3v) is 24.7. The Labute approximate surface area is 760 Å². The van der Waals surface area contributed by atoms with Crippen molar-refractivity contribution in [3.8, 4) is 46.8 Å². The van der Waals surface area contributed by atoms with Gasteiger partial charge in [0.2, 0.25) is 53.2 Å². The van der Waals surface area contributed by atoms with Crippen molar-refractivity contribution in [3.63, 3.8) is 0 Å². The van der Waals surface area contributed by atoms with E-state index in [1.807, 2.05) is 158 Å². The van der Waals surface area contributed by atoms with Gasteiger partial charge in [0.1, 0.15) is 37.9 Å². The van der Waals surface area contributed by atoms with E-state index in [0.717, 1.165) is 152 Å². The summed E-state index contributed by atoms with van der Waals surface area (Å²) in [6, 6.07) is 53.4. The van der Waals surface area contributed by atoms with Crippen LogP contribution in [0, 0.1) is 20.2 Å². The molecule has 38 heteroatoms. The van der Waals surface area contributed by atoms with E-state index in [9.17, 15) is 20.2 Å². The van der Waals surface area contributed by atoms with Crippen molar-refractivity contribution in [1.29, 1.82) is 0 Å². The zero-order valence-electron chi connectivity index (χ0n) is 72.4. The third-order valence-electron chi connectivity index (χ3n) is 20.6. The molecule has 6 aromatic heterocycles. The van der Waals surface area contributed by atoms with E-state index < -0.39 is 9.85 Å². The Morgan fingerprint density at radius 3 is 0.930 bits per heavy atom. The molecule has 4 saturated heterocycles. The molecular formula is C90H102N22O12S4. The topological polar surface area (TPSA) is 367 Å². The van der Waals surface area contributed by atoms with E-state index in [2.05, 4.69) is 97.3 Å². The monoisotopic (exact) mass is 1810 g/mol. The highest BCUT2D eigenvalue weighted by Gasteiger charge is 2.28. The highest BCUT2D eigenvalue weighted by Crippen LogP contribution is 2.44. The summed E-state index contributed by atoms with van der Waals surface area (Å²) in [4.78, 5) is 91.1. The van der Waals surface area contributed by atoms with E-state index in [-0.39, 0.29) is 17.3 Å². The number of anilines is 6. The summed E-state index contributed by atoms with van der Waals surface area (Å²) in [5.74, 6) is 6.05. The van der Waals surface area contributed by atoms with Gasteiger partial charge in [-0.15, -0.1) is 0 Å². The minimum Gasteiger partial charge on any atom is -0.497 e. The molecule has 4 aliphatic rings. The van der Waals surface area contributed by atoms with E-state index in [1.165, 1.54) is 79.6 Å². The number of rotatable bonds is 30. The predicted octanol–water partition coefficient (Wildman–Crippen LogP) is 13.6. The molecule has 12 aromatic rings. The lowest BCUT2D eigenvalue weighted by Crippen LogP contribution is -2.45. The van der Waals surface area contributed by atoms with Gasteiger partial charge in [-0.2, -0.15) is 19.9 Å². The van der Waals surface area contributed by atoms with Crippen molar-refractivity contribution in [2.24, 2.45) is 0 Å². The Hall–Kier alpha value is -12.8. The number of nitrogens with zero attached hydrogens (tertiary/aromatic N) is 20. The maximum Gasteiger partial charge on any atom is 0.332 e. The number of ether oxygens (including phenoxy) is 8. The van der Waals surface area contributed by atoms with Crippen LogP contribution in [-0.2, 0) is 26.4 Å². The summed E-state index contributed by atoms with van der Waals surface area (Å²) in [5, 5.41) is 23.0. The number of nitrogen functional groups attached to an aromatic ring is 2. The van der Waals surface area contributed by atoms with Crippen molar-refractivity contribution in [2.75, 3.05) is 192 Å². The molecule has 0 bridgehead atoms. The van der Waals surface area contributed by atoms with Crippen LogP contribution < -0.4 is 69.0 Å². The number of nitro benzene ring substituents is 1. The van der Waals surface area contributed by atoms with Crippen LogP contribution in [-0.4, -0.2) is 241 Å². The molecule has 34 nitrogen and oxygen atoms in total. The summed E-state index contributed by atoms with van der Waals surface area (Å²) in [5.41, 5.74) is 17.3. The second-order valence-electron chi connectivity index (χ2n) is 29.7. The molecule has 4 fully saturated rings. The number of aromatic nitrogens is 10. The van der Waals surface area contributed by atoms with Gasteiger partial charge >= 0.3 is 5.69 Å². The van der Waals surface area contributed by atoms with Crippen molar-refractivity contribution in [1.82, 2.24) is 69.4 Å². The average Bonchev–Trinajstić information content (AvgIpc) is 0.813. The van der Waals surface area contributed by atoms with Crippen LogP contribution in [0.3, 0.4) is 0 Å². The van der Waals surface area contributed by atoms with Gasteiger partial charge in [-0.1, -0.05) is 168 Å². The van der Waals surface area contributed by atoms with Crippen LogP contribution in [0.15, 0.2) is 246 Å². The lowest BCUT2D eigenvalue weighted by atomic mass is 10.2. The van der Waals surface area contributed by atoms with Gasteiger partial charge in [0.05, 0.1) is 99.3 Å². The van der Waals surface area contributed by atoms with Gasteiger partial charge in [-0.25, -0.2) is 29.9 Å². The SMILES string of the molecule is COc1ccc(Sc2cnc(N3CCN(C)CC3)nc2OCc2ccccc2)c(N)c1.COc1ccc(Sc2cnc(N3CCN(C)CC3)nc2OCc2ccccc2)c([N+](=O)[O-])c1.COc1ncc(Sc2cnc(N3CCN(C)CC3)nc2OCc2ccccc2)cc1N.COc1ncc(Sc2cnc(N3CCN(C)CC3)nc2OCc2ccccc2)cc1[N+](=O)[O-]. The number of benzene rings is 6. The quantitative estimate of drug-likeness (QED) is 0.0240. The van der Waals surface area contributed by atoms with Crippen LogP contribution in [0.4, 0.5) is 46.5 Å². The molecule has 0 aliphatic carbocycles. The van der Waals surface area contributed by atoms with E-state index >= 15 is 0 Å². The first kappa shape index (κ1) is 92.8. The molecule has 16 rings (SSSR count). The maximum atomic E-state index is 11.6. The first-order valence-corrected chi connectivity index (χ1v) is 44.4. The van der Waals surface area contributed by atoms with Crippen LogP contribution >= 0.6 is 47.0 Å². The molecule has 4 N–H and O–H groups in total. The number of nitrogens with two attached hydrogens (primary N) is 2. The second-order valence-corrected chi connectivity index (χ2v) is 34.1. The number of methoxy groups -OCH3 is 4. The van der Waals surface area contributed by atoms with Crippen LogP contribution in [0.2, 0.25) is 0 Å². The standard InChI is InChI=1S/C23H25N5O4S.C23H27N5O2S.C22H24N6O4S.C22H26N6O2S/c1-26-10-12-27(13-11-26)23-24-15-21(22(25-23)32-16-17-6-4-3-5-7-17)33-20-9-8-18(31-2)14-19(20)28(29)30;1-27-10-12-28(13-11-27)23-25-15-21(31-20-9-8-18(29-2)14-19(20)24)22(26-23)30-16-17-6-4-3-5-7-17;1-26-8-10-27(11-9-26)22-24-14-19(21(25-22)32-15-16-6-4-3-5-7-16)33-17-12-18(28(29)30)20(31-2)23-13-17;1-27-8-10-28(11-9-27)22-25-14-19(31-17-12-18(23)20(29-2)24-13-17)21(26-22)30-15-16-6-4-3-5-7-16/h3-9,14-15H,10-13,16H2,1-2H3;3-9,14-15H,10-13,16,24H2,1-2H3;3-7,12-14H,8-11,15H2,1-2H3;3-7,12-14H,8-11,15,23H2,1-2H3.